The van der Waals surface area contributed by atoms with Crippen LogP contribution in [-0.2, 0) is 24.2 Å². The van der Waals surface area contributed by atoms with Crippen molar-refractivity contribution in [2.45, 2.75) is 26.3 Å². The highest BCUT2D eigenvalue weighted by molar-refractivity contribution is 5.86. The van der Waals surface area contributed by atoms with E-state index >= 15 is 0 Å². The number of aromatic amines is 1. The lowest BCUT2D eigenvalue weighted by Gasteiger charge is -2.27. The molecule has 23 heavy (non-hydrogen) atoms. The van der Waals surface area contributed by atoms with E-state index in [0.29, 0.717) is 13.0 Å². The molecule has 1 aromatic heterocycles. The number of hydrogen-bond acceptors (Lipinski definition) is 1. The van der Waals surface area contributed by atoms with Crippen molar-refractivity contribution in [2.24, 2.45) is 0 Å². The van der Waals surface area contributed by atoms with Gasteiger partial charge < -0.3 is 9.88 Å². The Morgan fingerprint density at radius 1 is 1.13 bits per heavy atom. The second kappa shape index (κ2) is 5.58. The van der Waals surface area contributed by atoms with Gasteiger partial charge in [-0.2, -0.15) is 0 Å². The molecule has 1 aliphatic rings. The van der Waals surface area contributed by atoms with E-state index in [4.69, 9.17) is 0 Å². The van der Waals surface area contributed by atoms with Gasteiger partial charge >= 0.3 is 0 Å². The number of nitrogens with zero attached hydrogens (tertiary/aromatic N) is 1. The Balaban J connectivity index is 1.53. The van der Waals surface area contributed by atoms with Crippen LogP contribution in [0, 0.1) is 6.92 Å². The zero-order valence-corrected chi connectivity index (χ0v) is 13.3. The van der Waals surface area contributed by atoms with Crippen molar-refractivity contribution < 1.29 is 4.79 Å². The molecule has 1 N–H and O–H groups in total. The number of aromatic nitrogens is 1. The number of benzene rings is 2. The molecule has 0 saturated carbocycles. The summed E-state index contributed by atoms with van der Waals surface area (Å²) in [6.45, 7) is 3.56. The van der Waals surface area contributed by atoms with E-state index < -0.39 is 0 Å². The highest BCUT2D eigenvalue weighted by Crippen LogP contribution is 2.27. The van der Waals surface area contributed by atoms with Gasteiger partial charge in [0, 0.05) is 23.1 Å². The average Bonchev–Trinajstić information content (AvgIpc) is 2.94. The molecule has 4 rings (SSSR count). The fourth-order valence-electron chi connectivity index (χ4n) is 3.40. The van der Waals surface area contributed by atoms with E-state index in [1.807, 2.05) is 23.1 Å². The largest absolute Gasteiger partial charge is 0.357 e. The Morgan fingerprint density at radius 3 is 2.74 bits per heavy atom. The Bertz CT molecular complexity index is 861. The standard InChI is InChI=1S/C20H20N2O/c1-14-6-8-15(9-7-14)12-20(23)22-11-10-17-16-4-2-3-5-18(16)21-19(17)13-22/h2-9,21H,10-13H2,1H3. The molecule has 3 aromatic rings. The van der Waals surface area contributed by atoms with Gasteiger partial charge in [-0.1, -0.05) is 48.0 Å². The van der Waals surface area contributed by atoms with Crippen molar-refractivity contribution in [1.82, 2.24) is 9.88 Å². The topological polar surface area (TPSA) is 36.1 Å². The Morgan fingerprint density at radius 2 is 1.91 bits per heavy atom. The number of fused-ring (bicyclic) bond motifs is 3. The van der Waals surface area contributed by atoms with E-state index in [1.165, 1.54) is 27.7 Å². The Labute approximate surface area is 135 Å². The van der Waals surface area contributed by atoms with Gasteiger partial charge in [-0.15, -0.1) is 0 Å². The molecular weight excluding hydrogens is 284 g/mol. The molecular formula is C20H20N2O. The number of aryl methyl sites for hydroxylation is 1. The van der Waals surface area contributed by atoms with Gasteiger partial charge in [0.2, 0.25) is 5.91 Å². The average molecular weight is 304 g/mol. The number of hydrogen-bond donors (Lipinski definition) is 1. The van der Waals surface area contributed by atoms with E-state index in [0.717, 1.165) is 18.5 Å². The summed E-state index contributed by atoms with van der Waals surface area (Å²) in [5.41, 5.74) is 6.05. The SMILES string of the molecule is Cc1ccc(CC(=O)N2CCc3c([nH]c4ccccc34)C2)cc1. The van der Waals surface area contributed by atoms with Crippen LogP contribution in [0.2, 0.25) is 0 Å². The number of amides is 1. The third kappa shape index (κ3) is 2.63. The Kier molecular flexibility index (Phi) is 3.41. The van der Waals surface area contributed by atoms with Crippen LogP contribution in [0.5, 0.6) is 0 Å². The number of para-hydroxylation sites is 1. The first-order valence-electron chi connectivity index (χ1n) is 8.12. The van der Waals surface area contributed by atoms with Crippen molar-refractivity contribution >= 4 is 16.8 Å². The number of H-pyrrole nitrogens is 1. The highest BCUT2D eigenvalue weighted by Gasteiger charge is 2.23. The van der Waals surface area contributed by atoms with Gasteiger partial charge in [-0.05, 0) is 30.5 Å². The summed E-state index contributed by atoms with van der Waals surface area (Å²) in [7, 11) is 0. The van der Waals surface area contributed by atoms with Crippen LogP contribution in [0.25, 0.3) is 10.9 Å². The second-order valence-electron chi connectivity index (χ2n) is 6.36. The van der Waals surface area contributed by atoms with Crippen molar-refractivity contribution in [2.75, 3.05) is 6.54 Å². The zero-order chi connectivity index (χ0) is 15.8. The van der Waals surface area contributed by atoms with Crippen LogP contribution in [-0.4, -0.2) is 22.3 Å². The van der Waals surface area contributed by atoms with Crippen molar-refractivity contribution in [3.63, 3.8) is 0 Å². The van der Waals surface area contributed by atoms with Gasteiger partial charge in [-0.25, -0.2) is 0 Å². The fourth-order valence-corrected chi connectivity index (χ4v) is 3.40. The molecule has 1 aliphatic heterocycles. The maximum absolute atomic E-state index is 12.6. The monoisotopic (exact) mass is 304 g/mol. The second-order valence-corrected chi connectivity index (χ2v) is 6.36. The van der Waals surface area contributed by atoms with Crippen molar-refractivity contribution in [3.8, 4) is 0 Å². The maximum Gasteiger partial charge on any atom is 0.227 e. The van der Waals surface area contributed by atoms with Crippen LogP contribution >= 0.6 is 0 Å². The summed E-state index contributed by atoms with van der Waals surface area (Å²) < 4.78 is 0. The smallest absolute Gasteiger partial charge is 0.227 e. The van der Waals surface area contributed by atoms with Crippen molar-refractivity contribution in [3.05, 3.63) is 70.9 Å². The molecule has 0 fully saturated rings. The van der Waals surface area contributed by atoms with E-state index in [-0.39, 0.29) is 5.91 Å². The lowest BCUT2D eigenvalue weighted by Crippen LogP contribution is -2.36. The van der Waals surface area contributed by atoms with Crippen molar-refractivity contribution in [1.29, 1.82) is 0 Å². The molecule has 0 bridgehead atoms. The molecule has 3 heteroatoms. The fraction of sp³-hybridized carbons (Fsp3) is 0.250. The molecule has 116 valence electrons. The van der Waals surface area contributed by atoms with Crippen LogP contribution in [0.3, 0.4) is 0 Å². The van der Waals surface area contributed by atoms with Gasteiger partial charge in [0.05, 0.1) is 13.0 Å². The van der Waals surface area contributed by atoms with E-state index in [9.17, 15) is 4.79 Å². The summed E-state index contributed by atoms with van der Waals surface area (Å²) in [5, 5.41) is 1.30. The zero-order valence-electron chi connectivity index (χ0n) is 13.3. The predicted molar refractivity (Wildman–Crippen MR) is 92.3 cm³/mol. The summed E-state index contributed by atoms with van der Waals surface area (Å²) in [6, 6.07) is 16.6. The van der Waals surface area contributed by atoms with Crippen LogP contribution in [0.15, 0.2) is 48.5 Å². The van der Waals surface area contributed by atoms with Gasteiger partial charge in [0.25, 0.3) is 0 Å². The molecule has 1 amide bonds. The minimum atomic E-state index is 0.207. The van der Waals surface area contributed by atoms with Crippen LogP contribution in [0.4, 0.5) is 0 Å². The first-order valence-corrected chi connectivity index (χ1v) is 8.12. The number of carbonyl (C=O) groups excluding carboxylic acids is 1. The summed E-state index contributed by atoms with van der Waals surface area (Å²) in [5.74, 6) is 0.207. The van der Waals surface area contributed by atoms with Gasteiger partial charge in [-0.3, -0.25) is 4.79 Å². The minimum Gasteiger partial charge on any atom is -0.357 e. The Hall–Kier alpha value is -2.55. The summed E-state index contributed by atoms with van der Waals surface area (Å²) >= 11 is 0. The van der Waals surface area contributed by atoms with Crippen LogP contribution in [0.1, 0.15) is 22.4 Å². The quantitative estimate of drug-likeness (QED) is 0.771. The first kappa shape index (κ1) is 14.1. The van der Waals surface area contributed by atoms with Gasteiger partial charge in [0.15, 0.2) is 0 Å². The third-order valence-electron chi connectivity index (χ3n) is 4.71. The normalized spacial score (nSPS) is 14.0. The molecule has 0 aliphatic carbocycles. The molecule has 2 heterocycles. The molecule has 0 saturated heterocycles. The highest BCUT2D eigenvalue weighted by atomic mass is 16.2. The minimum absolute atomic E-state index is 0.207. The van der Waals surface area contributed by atoms with Gasteiger partial charge in [0.1, 0.15) is 0 Å². The van der Waals surface area contributed by atoms with E-state index in [2.05, 4.69) is 42.2 Å². The molecule has 0 unspecified atom stereocenters. The lowest BCUT2D eigenvalue weighted by molar-refractivity contribution is -0.131. The number of rotatable bonds is 2. The molecule has 0 spiro atoms. The summed E-state index contributed by atoms with van der Waals surface area (Å²) in [6.07, 6.45) is 1.41. The number of nitrogens with one attached hydrogen (secondary N) is 1. The van der Waals surface area contributed by atoms with E-state index in [1.54, 1.807) is 0 Å². The third-order valence-corrected chi connectivity index (χ3v) is 4.71. The molecule has 0 radical (unpaired) electrons. The van der Waals surface area contributed by atoms with Crippen LogP contribution < -0.4 is 0 Å². The predicted octanol–water partition coefficient (Wildman–Crippen LogP) is 3.60. The lowest BCUT2D eigenvalue weighted by atomic mass is 10.0. The molecule has 2 aromatic carbocycles. The first-order chi connectivity index (χ1) is 11.2. The molecule has 0 atom stereocenters. The number of carbonyl (C=O) groups is 1. The summed E-state index contributed by atoms with van der Waals surface area (Å²) in [4.78, 5) is 18.0. The molecule has 3 nitrogen and oxygen atoms in total. The maximum atomic E-state index is 12.6.